The minimum atomic E-state index is -3.84. The van der Waals surface area contributed by atoms with Gasteiger partial charge in [-0.2, -0.15) is 0 Å². The third-order valence-corrected chi connectivity index (χ3v) is 5.46. The summed E-state index contributed by atoms with van der Waals surface area (Å²) in [6.07, 6.45) is 0. The van der Waals surface area contributed by atoms with E-state index in [0.29, 0.717) is 28.5 Å². The molecular weight excluding hydrogens is 408 g/mol. The zero-order valence-electron chi connectivity index (χ0n) is 15.8. The number of ether oxygens (including phenoxy) is 3. The average Bonchev–Trinajstić information content (AvgIpc) is 2.66. The van der Waals surface area contributed by atoms with Crippen molar-refractivity contribution in [2.75, 3.05) is 26.6 Å². The number of halogens is 1. The van der Waals surface area contributed by atoms with Gasteiger partial charge in [-0.05, 0) is 35.9 Å². The largest absolute Gasteiger partial charge is 0.493 e. The molecule has 0 bridgehead atoms. The van der Waals surface area contributed by atoms with Gasteiger partial charge in [0, 0.05) is 13.5 Å². The lowest BCUT2D eigenvalue weighted by Gasteiger charge is -2.15. The fourth-order valence-electron chi connectivity index (χ4n) is 2.45. The smallest absolute Gasteiger partial charge is 0.240 e. The van der Waals surface area contributed by atoms with Crippen LogP contribution in [0.5, 0.6) is 17.2 Å². The van der Waals surface area contributed by atoms with Crippen molar-refractivity contribution in [3.05, 3.63) is 40.9 Å². The summed E-state index contributed by atoms with van der Waals surface area (Å²) in [7, 11) is 0.594. The maximum atomic E-state index is 12.6. The van der Waals surface area contributed by atoms with Gasteiger partial charge in [0.05, 0.1) is 36.9 Å². The Kier molecular flexibility index (Phi) is 7.11. The molecule has 0 aliphatic heterocycles. The first-order valence-electron chi connectivity index (χ1n) is 8.07. The molecule has 0 aliphatic carbocycles. The third-order valence-electron chi connectivity index (χ3n) is 3.75. The van der Waals surface area contributed by atoms with E-state index in [1.54, 1.807) is 12.1 Å². The Morgan fingerprint density at radius 2 is 1.64 bits per heavy atom. The van der Waals surface area contributed by atoms with Crippen LogP contribution >= 0.6 is 11.6 Å². The van der Waals surface area contributed by atoms with Crippen molar-refractivity contribution >= 4 is 33.2 Å². The molecule has 0 heterocycles. The van der Waals surface area contributed by atoms with E-state index in [0.717, 1.165) is 0 Å². The minimum Gasteiger partial charge on any atom is -0.493 e. The highest BCUT2D eigenvalue weighted by molar-refractivity contribution is 7.89. The van der Waals surface area contributed by atoms with Crippen LogP contribution in [0.15, 0.2) is 35.2 Å². The van der Waals surface area contributed by atoms with Gasteiger partial charge in [-0.15, -0.1) is 0 Å². The van der Waals surface area contributed by atoms with Gasteiger partial charge in [-0.3, -0.25) is 4.79 Å². The van der Waals surface area contributed by atoms with Crippen LogP contribution in [-0.4, -0.2) is 35.7 Å². The zero-order chi connectivity index (χ0) is 20.9. The van der Waals surface area contributed by atoms with E-state index >= 15 is 0 Å². The fourth-order valence-corrected chi connectivity index (χ4v) is 3.79. The summed E-state index contributed by atoms with van der Waals surface area (Å²) in [5, 5.41) is 2.64. The molecule has 2 N–H and O–H groups in total. The molecule has 0 fully saturated rings. The summed E-state index contributed by atoms with van der Waals surface area (Å²) in [6.45, 7) is 1.32. The molecular formula is C18H21ClN2O6S. The predicted molar refractivity (Wildman–Crippen MR) is 106 cm³/mol. The van der Waals surface area contributed by atoms with E-state index < -0.39 is 10.0 Å². The number of hydrogen-bond donors (Lipinski definition) is 2. The summed E-state index contributed by atoms with van der Waals surface area (Å²) in [5.74, 6) is 0.937. The van der Waals surface area contributed by atoms with E-state index in [1.807, 2.05) is 0 Å². The Hall–Kier alpha value is -2.49. The summed E-state index contributed by atoms with van der Waals surface area (Å²) in [5.41, 5.74) is 0.941. The highest BCUT2D eigenvalue weighted by Crippen LogP contribution is 2.38. The quantitative estimate of drug-likeness (QED) is 0.670. The SMILES string of the molecule is COc1cc(CNS(=O)(=O)c2ccc(NC(C)=O)c(Cl)c2)cc(OC)c1OC. The van der Waals surface area contributed by atoms with Crippen LogP contribution in [0.3, 0.4) is 0 Å². The first kappa shape index (κ1) is 21.8. The molecule has 0 saturated carbocycles. The van der Waals surface area contributed by atoms with Crippen LogP contribution in [0, 0.1) is 0 Å². The molecule has 0 radical (unpaired) electrons. The summed E-state index contributed by atoms with van der Waals surface area (Å²) in [6, 6.07) is 7.35. The zero-order valence-corrected chi connectivity index (χ0v) is 17.4. The molecule has 1 amide bonds. The molecule has 0 saturated heterocycles. The van der Waals surface area contributed by atoms with Crippen molar-refractivity contribution in [3.8, 4) is 17.2 Å². The molecule has 10 heteroatoms. The number of methoxy groups -OCH3 is 3. The molecule has 0 atom stereocenters. The number of rotatable bonds is 8. The van der Waals surface area contributed by atoms with Crippen molar-refractivity contribution < 1.29 is 27.4 Å². The molecule has 0 unspecified atom stereocenters. The standard InChI is InChI=1S/C18H21ClN2O6S/c1-11(22)21-15-6-5-13(9-14(15)19)28(23,24)20-10-12-7-16(25-2)18(27-4)17(8-12)26-3/h5-9,20H,10H2,1-4H3,(H,21,22). The van der Waals surface area contributed by atoms with Crippen LogP contribution in [0.2, 0.25) is 5.02 Å². The van der Waals surface area contributed by atoms with Crippen molar-refractivity contribution in [2.45, 2.75) is 18.4 Å². The third kappa shape index (κ3) is 5.06. The second kappa shape index (κ2) is 9.13. The van der Waals surface area contributed by atoms with E-state index in [4.69, 9.17) is 25.8 Å². The van der Waals surface area contributed by atoms with Crippen molar-refractivity contribution in [1.29, 1.82) is 0 Å². The van der Waals surface area contributed by atoms with Crippen molar-refractivity contribution in [1.82, 2.24) is 4.72 Å². The Bertz CT molecular complexity index is 953. The molecule has 0 aliphatic rings. The predicted octanol–water partition coefficient (Wildman–Crippen LogP) is 2.80. The van der Waals surface area contributed by atoms with Gasteiger partial charge < -0.3 is 19.5 Å². The van der Waals surface area contributed by atoms with Crippen LogP contribution in [0.1, 0.15) is 12.5 Å². The number of carbonyl (C=O) groups is 1. The number of carbonyl (C=O) groups excluding carboxylic acids is 1. The Morgan fingerprint density at radius 1 is 1.04 bits per heavy atom. The minimum absolute atomic E-state index is 0.00981. The van der Waals surface area contributed by atoms with E-state index in [9.17, 15) is 13.2 Å². The first-order valence-corrected chi connectivity index (χ1v) is 9.93. The number of amides is 1. The Labute approximate surface area is 168 Å². The lowest BCUT2D eigenvalue weighted by Crippen LogP contribution is -2.23. The molecule has 0 spiro atoms. The van der Waals surface area contributed by atoms with E-state index in [2.05, 4.69) is 10.0 Å². The Morgan fingerprint density at radius 3 is 2.11 bits per heavy atom. The highest BCUT2D eigenvalue weighted by Gasteiger charge is 2.18. The molecule has 2 aromatic carbocycles. The summed E-state index contributed by atoms with van der Waals surface area (Å²) >= 11 is 6.06. The van der Waals surface area contributed by atoms with E-state index in [1.165, 1.54) is 46.5 Å². The lowest BCUT2D eigenvalue weighted by atomic mass is 10.2. The number of anilines is 1. The van der Waals surface area contributed by atoms with Crippen molar-refractivity contribution in [3.63, 3.8) is 0 Å². The van der Waals surface area contributed by atoms with Gasteiger partial charge in [0.25, 0.3) is 0 Å². The fraction of sp³-hybridized carbons (Fsp3) is 0.278. The second-order valence-electron chi connectivity index (χ2n) is 5.68. The Balaban J connectivity index is 2.24. The van der Waals surface area contributed by atoms with Gasteiger partial charge in [0.1, 0.15) is 0 Å². The number of hydrogen-bond acceptors (Lipinski definition) is 6. The molecule has 152 valence electrons. The maximum absolute atomic E-state index is 12.6. The first-order chi connectivity index (χ1) is 13.2. The number of nitrogens with one attached hydrogen (secondary N) is 2. The molecule has 28 heavy (non-hydrogen) atoms. The molecule has 8 nitrogen and oxygen atoms in total. The summed E-state index contributed by atoms with van der Waals surface area (Å²) < 4.78 is 43.4. The van der Waals surface area contributed by atoms with Gasteiger partial charge in [0.15, 0.2) is 11.5 Å². The topological polar surface area (TPSA) is 103 Å². The van der Waals surface area contributed by atoms with Gasteiger partial charge in [-0.25, -0.2) is 13.1 Å². The van der Waals surface area contributed by atoms with Crippen LogP contribution < -0.4 is 24.2 Å². The normalized spacial score (nSPS) is 11.0. The van der Waals surface area contributed by atoms with Crippen LogP contribution in [0.4, 0.5) is 5.69 Å². The van der Waals surface area contributed by atoms with Crippen molar-refractivity contribution in [2.24, 2.45) is 0 Å². The monoisotopic (exact) mass is 428 g/mol. The maximum Gasteiger partial charge on any atom is 0.240 e. The summed E-state index contributed by atoms with van der Waals surface area (Å²) in [4.78, 5) is 11.1. The number of sulfonamides is 1. The van der Waals surface area contributed by atoms with Crippen LogP contribution in [-0.2, 0) is 21.4 Å². The van der Waals surface area contributed by atoms with E-state index in [-0.39, 0.29) is 22.4 Å². The van der Waals surface area contributed by atoms with Gasteiger partial charge in [0.2, 0.25) is 21.7 Å². The average molecular weight is 429 g/mol. The molecule has 2 rings (SSSR count). The second-order valence-corrected chi connectivity index (χ2v) is 7.86. The van der Waals surface area contributed by atoms with Gasteiger partial charge >= 0.3 is 0 Å². The lowest BCUT2D eigenvalue weighted by molar-refractivity contribution is -0.114. The molecule has 2 aromatic rings. The number of benzene rings is 2. The highest BCUT2D eigenvalue weighted by atomic mass is 35.5. The van der Waals surface area contributed by atoms with Gasteiger partial charge in [-0.1, -0.05) is 11.6 Å². The van der Waals surface area contributed by atoms with Crippen LogP contribution in [0.25, 0.3) is 0 Å². The molecule has 0 aromatic heterocycles.